The molecule has 2 unspecified atom stereocenters. The lowest BCUT2D eigenvalue weighted by atomic mass is 10.1. The molecule has 2 rings (SSSR count). The lowest BCUT2D eigenvalue weighted by Crippen LogP contribution is -2.32. The van der Waals surface area contributed by atoms with Crippen molar-refractivity contribution in [2.75, 3.05) is 12.0 Å². The number of hydrogen-bond acceptors (Lipinski definition) is 2. The molecule has 2 atom stereocenters. The highest BCUT2D eigenvalue weighted by molar-refractivity contribution is 7.84. The van der Waals surface area contributed by atoms with Crippen LogP contribution in [-0.4, -0.2) is 22.1 Å². The maximum absolute atomic E-state index is 12.2. The summed E-state index contributed by atoms with van der Waals surface area (Å²) in [6.45, 7) is 0. The first kappa shape index (κ1) is 16.7. The summed E-state index contributed by atoms with van der Waals surface area (Å²) in [6.07, 6.45) is 1.89. The third-order valence-corrected chi connectivity index (χ3v) is 4.23. The molecule has 116 valence electrons. The van der Waals surface area contributed by atoms with Gasteiger partial charge >= 0.3 is 0 Å². The number of benzene rings is 2. The van der Waals surface area contributed by atoms with Crippen LogP contribution in [0.15, 0.2) is 54.6 Å². The van der Waals surface area contributed by atoms with Gasteiger partial charge in [-0.05, 0) is 23.3 Å². The van der Waals surface area contributed by atoms with Crippen LogP contribution in [0.4, 0.5) is 0 Å². The Balaban J connectivity index is 2.06. The Morgan fingerprint density at radius 1 is 1.18 bits per heavy atom. The Labute approximate surface area is 138 Å². The molecule has 0 aromatic heterocycles. The van der Waals surface area contributed by atoms with E-state index in [0.29, 0.717) is 10.8 Å². The quantitative estimate of drug-likeness (QED) is 0.881. The van der Waals surface area contributed by atoms with Crippen molar-refractivity contribution < 1.29 is 9.00 Å². The molecule has 0 aliphatic heterocycles. The monoisotopic (exact) mass is 335 g/mol. The molecule has 0 fully saturated rings. The van der Waals surface area contributed by atoms with Crippen molar-refractivity contribution in [1.29, 1.82) is 0 Å². The van der Waals surface area contributed by atoms with E-state index < -0.39 is 10.8 Å². The van der Waals surface area contributed by atoms with Crippen molar-refractivity contribution in [3.05, 3.63) is 70.7 Å². The van der Waals surface area contributed by atoms with Gasteiger partial charge in [0.25, 0.3) is 0 Å². The molecule has 0 saturated carbocycles. The van der Waals surface area contributed by atoms with Gasteiger partial charge in [-0.1, -0.05) is 54.1 Å². The normalized spacial score (nSPS) is 13.4. The summed E-state index contributed by atoms with van der Waals surface area (Å²) in [7, 11) is -0.999. The standard InChI is InChI=1S/C17H18ClNO2S/c1-22(21)12-16(14-7-3-2-4-8-14)19-17(20)11-13-6-5-9-15(18)10-13/h2-10,16H,11-12H2,1H3,(H,19,20). The van der Waals surface area contributed by atoms with Crippen molar-refractivity contribution in [2.45, 2.75) is 12.5 Å². The van der Waals surface area contributed by atoms with Crippen LogP contribution in [0, 0.1) is 0 Å². The minimum atomic E-state index is -0.999. The lowest BCUT2D eigenvalue weighted by molar-refractivity contribution is -0.121. The molecule has 22 heavy (non-hydrogen) atoms. The molecular formula is C17H18ClNO2S. The van der Waals surface area contributed by atoms with Gasteiger partial charge < -0.3 is 5.32 Å². The Morgan fingerprint density at radius 2 is 1.91 bits per heavy atom. The third-order valence-electron chi connectivity index (χ3n) is 3.19. The van der Waals surface area contributed by atoms with Crippen molar-refractivity contribution >= 4 is 28.3 Å². The van der Waals surface area contributed by atoms with Gasteiger partial charge in [0.05, 0.1) is 12.5 Å². The molecule has 0 aliphatic carbocycles. The summed E-state index contributed by atoms with van der Waals surface area (Å²) >= 11 is 5.93. The first-order chi connectivity index (χ1) is 10.5. The van der Waals surface area contributed by atoms with Gasteiger partial charge in [0.1, 0.15) is 0 Å². The number of hydrogen-bond donors (Lipinski definition) is 1. The number of carbonyl (C=O) groups excluding carboxylic acids is 1. The zero-order valence-electron chi connectivity index (χ0n) is 12.3. The third kappa shape index (κ3) is 5.28. The summed E-state index contributed by atoms with van der Waals surface area (Å²) in [5.41, 5.74) is 1.81. The highest BCUT2D eigenvalue weighted by Gasteiger charge is 2.16. The zero-order chi connectivity index (χ0) is 15.9. The average Bonchev–Trinajstić information content (AvgIpc) is 2.47. The highest BCUT2D eigenvalue weighted by Crippen LogP contribution is 2.15. The van der Waals surface area contributed by atoms with E-state index in [2.05, 4.69) is 5.32 Å². The average molecular weight is 336 g/mol. The van der Waals surface area contributed by atoms with Crippen molar-refractivity contribution in [1.82, 2.24) is 5.32 Å². The Kier molecular flexibility index (Phi) is 6.16. The number of halogens is 1. The second-order valence-electron chi connectivity index (χ2n) is 5.08. The van der Waals surface area contributed by atoms with Crippen LogP contribution in [0.5, 0.6) is 0 Å². The summed E-state index contributed by atoms with van der Waals surface area (Å²) in [6, 6.07) is 16.6. The van der Waals surface area contributed by atoms with Crippen LogP contribution in [-0.2, 0) is 22.0 Å². The number of amides is 1. The fourth-order valence-corrected chi connectivity index (χ4v) is 3.18. The predicted molar refractivity (Wildman–Crippen MR) is 91.4 cm³/mol. The second-order valence-corrected chi connectivity index (χ2v) is 6.99. The van der Waals surface area contributed by atoms with Gasteiger partial charge in [0, 0.05) is 27.8 Å². The van der Waals surface area contributed by atoms with Gasteiger partial charge in [-0.2, -0.15) is 0 Å². The van der Waals surface area contributed by atoms with Crippen molar-refractivity contribution in [3.8, 4) is 0 Å². The van der Waals surface area contributed by atoms with Gasteiger partial charge in [-0.15, -0.1) is 0 Å². The van der Waals surface area contributed by atoms with E-state index >= 15 is 0 Å². The molecule has 0 heterocycles. The Morgan fingerprint density at radius 3 is 2.55 bits per heavy atom. The van der Waals surface area contributed by atoms with Crippen LogP contribution in [0.3, 0.4) is 0 Å². The largest absolute Gasteiger partial charge is 0.348 e. The minimum absolute atomic E-state index is 0.110. The van der Waals surface area contributed by atoms with E-state index in [1.807, 2.05) is 42.5 Å². The van der Waals surface area contributed by atoms with Crippen LogP contribution in [0.2, 0.25) is 5.02 Å². The van der Waals surface area contributed by atoms with E-state index in [1.54, 1.807) is 18.4 Å². The minimum Gasteiger partial charge on any atom is -0.348 e. The molecule has 1 amide bonds. The van der Waals surface area contributed by atoms with Gasteiger partial charge in [-0.3, -0.25) is 9.00 Å². The van der Waals surface area contributed by atoms with Crippen LogP contribution in [0.1, 0.15) is 17.2 Å². The molecule has 1 N–H and O–H groups in total. The fraction of sp³-hybridized carbons (Fsp3) is 0.235. The zero-order valence-corrected chi connectivity index (χ0v) is 13.9. The number of nitrogens with one attached hydrogen (secondary N) is 1. The first-order valence-electron chi connectivity index (χ1n) is 6.93. The van der Waals surface area contributed by atoms with Crippen molar-refractivity contribution in [3.63, 3.8) is 0 Å². The Bertz CT molecular complexity index is 661. The summed E-state index contributed by atoms with van der Waals surface area (Å²) in [5, 5.41) is 3.57. The first-order valence-corrected chi connectivity index (χ1v) is 9.04. The second kappa shape index (κ2) is 8.11. The highest BCUT2D eigenvalue weighted by atomic mass is 35.5. The maximum atomic E-state index is 12.2. The van der Waals surface area contributed by atoms with Crippen LogP contribution < -0.4 is 5.32 Å². The Hall–Kier alpha value is -1.65. The molecule has 0 radical (unpaired) electrons. The van der Waals surface area contributed by atoms with Crippen LogP contribution >= 0.6 is 11.6 Å². The fourth-order valence-electron chi connectivity index (χ4n) is 2.22. The maximum Gasteiger partial charge on any atom is 0.224 e. The molecule has 2 aromatic rings. The molecule has 0 saturated heterocycles. The predicted octanol–water partition coefficient (Wildman–Crippen LogP) is 3.12. The number of carbonyl (C=O) groups is 1. The molecule has 0 bridgehead atoms. The number of rotatable bonds is 6. The van der Waals surface area contributed by atoms with E-state index in [0.717, 1.165) is 11.1 Å². The van der Waals surface area contributed by atoms with E-state index in [-0.39, 0.29) is 18.4 Å². The van der Waals surface area contributed by atoms with E-state index in [4.69, 9.17) is 11.6 Å². The molecule has 2 aromatic carbocycles. The van der Waals surface area contributed by atoms with Gasteiger partial charge in [0.15, 0.2) is 0 Å². The molecule has 0 spiro atoms. The van der Waals surface area contributed by atoms with E-state index in [9.17, 15) is 9.00 Å². The lowest BCUT2D eigenvalue weighted by Gasteiger charge is -2.18. The SMILES string of the molecule is CS(=O)CC(NC(=O)Cc1cccc(Cl)c1)c1ccccc1. The molecule has 5 heteroatoms. The topological polar surface area (TPSA) is 46.2 Å². The summed E-state index contributed by atoms with van der Waals surface area (Å²) in [5.74, 6) is 0.284. The molecule has 0 aliphatic rings. The molecule has 3 nitrogen and oxygen atoms in total. The van der Waals surface area contributed by atoms with Gasteiger partial charge in [0.2, 0.25) is 5.91 Å². The molecular weight excluding hydrogens is 318 g/mol. The smallest absolute Gasteiger partial charge is 0.224 e. The van der Waals surface area contributed by atoms with E-state index in [1.165, 1.54) is 0 Å². The van der Waals surface area contributed by atoms with Crippen LogP contribution in [0.25, 0.3) is 0 Å². The van der Waals surface area contributed by atoms with Gasteiger partial charge in [-0.25, -0.2) is 0 Å². The van der Waals surface area contributed by atoms with Crippen molar-refractivity contribution in [2.24, 2.45) is 0 Å². The summed E-state index contributed by atoms with van der Waals surface area (Å²) < 4.78 is 11.6. The summed E-state index contributed by atoms with van der Waals surface area (Å²) in [4.78, 5) is 12.2.